The number of aryl methyl sites for hydroxylation is 1. The lowest BCUT2D eigenvalue weighted by atomic mass is 10.0. The Morgan fingerprint density at radius 3 is 2.44 bits per heavy atom. The molecule has 6 nitrogen and oxygen atoms in total. The van der Waals surface area contributed by atoms with Gasteiger partial charge in [0.25, 0.3) is 0 Å². The summed E-state index contributed by atoms with van der Waals surface area (Å²) in [4.78, 5) is 28.1. The molecule has 1 heterocycles. The van der Waals surface area contributed by atoms with Crippen LogP contribution in [0.4, 0.5) is 4.79 Å². The first-order chi connectivity index (χ1) is 12.0. The van der Waals surface area contributed by atoms with Gasteiger partial charge in [0.2, 0.25) is 5.91 Å². The average molecular weight is 368 g/mol. The number of rotatable bonds is 5. The quantitative estimate of drug-likeness (QED) is 0.869. The van der Waals surface area contributed by atoms with E-state index in [-0.39, 0.29) is 11.9 Å². The number of piperazine rings is 1. The number of hydrogen-bond acceptors (Lipinski definition) is 3. The lowest BCUT2D eigenvalue weighted by molar-refractivity contribution is -0.131. The van der Waals surface area contributed by atoms with Crippen LogP contribution in [0.3, 0.4) is 0 Å². The van der Waals surface area contributed by atoms with Crippen molar-refractivity contribution in [2.75, 3.05) is 39.8 Å². The normalized spacial score (nSPS) is 14.4. The molecular formula is C18H26ClN3O3. The molecule has 0 spiro atoms. The first kappa shape index (κ1) is 19.4. The molecule has 7 heteroatoms. The number of amides is 3. The molecule has 0 bridgehead atoms. The van der Waals surface area contributed by atoms with E-state index in [0.29, 0.717) is 49.9 Å². The summed E-state index contributed by atoms with van der Waals surface area (Å²) in [5, 5.41) is 3.38. The summed E-state index contributed by atoms with van der Waals surface area (Å²) in [6.45, 7) is 6.87. The predicted octanol–water partition coefficient (Wildman–Crippen LogP) is 2.46. The second-order valence-corrected chi connectivity index (χ2v) is 6.60. The minimum Gasteiger partial charge on any atom is -0.495 e. The monoisotopic (exact) mass is 367 g/mol. The van der Waals surface area contributed by atoms with Crippen molar-refractivity contribution < 1.29 is 14.3 Å². The zero-order valence-electron chi connectivity index (χ0n) is 15.1. The van der Waals surface area contributed by atoms with Gasteiger partial charge in [0.1, 0.15) is 5.75 Å². The Bertz CT molecular complexity index is 628. The van der Waals surface area contributed by atoms with Gasteiger partial charge in [-0.15, -0.1) is 0 Å². The van der Waals surface area contributed by atoms with Crippen molar-refractivity contribution in [3.63, 3.8) is 0 Å². The van der Waals surface area contributed by atoms with E-state index in [1.165, 1.54) is 0 Å². The van der Waals surface area contributed by atoms with Crippen molar-refractivity contribution >= 4 is 23.5 Å². The number of urea groups is 1. The van der Waals surface area contributed by atoms with E-state index in [4.69, 9.17) is 16.3 Å². The fourth-order valence-corrected chi connectivity index (χ4v) is 3.08. The summed E-state index contributed by atoms with van der Waals surface area (Å²) in [7, 11) is 1.57. The lowest BCUT2D eigenvalue weighted by Crippen LogP contribution is -2.53. The van der Waals surface area contributed by atoms with E-state index < -0.39 is 0 Å². The van der Waals surface area contributed by atoms with Crippen LogP contribution in [0.15, 0.2) is 12.1 Å². The molecule has 138 valence electrons. The first-order valence-electron chi connectivity index (χ1n) is 8.59. The standard InChI is InChI=1S/C18H26ClN3O3/c1-4-5-20-18(24)22-8-6-21(7-9-22)17(23)12-14-11-15(19)16(25-3)10-13(14)2/h10-11H,4-9,12H2,1-3H3,(H,20,24). The van der Waals surface area contributed by atoms with Gasteiger partial charge < -0.3 is 19.9 Å². The molecule has 1 N–H and O–H groups in total. The largest absolute Gasteiger partial charge is 0.495 e. The second kappa shape index (κ2) is 8.94. The second-order valence-electron chi connectivity index (χ2n) is 6.19. The van der Waals surface area contributed by atoms with Crippen LogP contribution in [0, 0.1) is 6.92 Å². The van der Waals surface area contributed by atoms with Crippen LogP contribution in [0.5, 0.6) is 5.75 Å². The highest BCUT2D eigenvalue weighted by Gasteiger charge is 2.24. The Labute approximate surface area is 154 Å². The summed E-state index contributed by atoms with van der Waals surface area (Å²) in [6.07, 6.45) is 1.21. The molecule has 1 aliphatic heterocycles. The highest BCUT2D eigenvalue weighted by Crippen LogP contribution is 2.28. The summed E-state index contributed by atoms with van der Waals surface area (Å²) < 4.78 is 5.19. The number of halogens is 1. The molecule has 0 aromatic heterocycles. The van der Waals surface area contributed by atoms with E-state index >= 15 is 0 Å². The number of hydrogen-bond donors (Lipinski definition) is 1. The number of methoxy groups -OCH3 is 1. The fraction of sp³-hybridized carbons (Fsp3) is 0.556. The van der Waals surface area contributed by atoms with Gasteiger partial charge in [-0.25, -0.2) is 4.79 Å². The number of carbonyl (C=O) groups is 2. The zero-order chi connectivity index (χ0) is 18.4. The van der Waals surface area contributed by atoms with Gasteiger partial charge in [0.05, 0.1) is 18.6 Å². The smallest absolute Gasteiger partial charge is 0.317 e. The molecule has 1 aliphatic rings. The lowest BCUT2D eigenvalue weighted by Gasteiger charge is -2.35. The van der Waals surface area contributed by atoms with Crippen molar-refractivity contribution in [1.82, 2.24) is 15.1 Å². The van der Waals surface area contributed by atoms with Crippen LogP contribution >= 0.6 is 11.6 Å². The Morgan fingerprint density at radius 1 is 1.20 bits per heavy atom. The molecule has 0 unspecified atom stereocenters. The number of ether oxygens (including phenoxy) is 1. The highest BCUT2D eigenvalue weighted by molar-refractivity contribution is 6.32. The molecule has 1 aromatic rings. The molecule has 1 saturated heterocycles. The molecule has 0 aliphatic carbocycles. The maximum atomic E-state index is 12.6. The third kappa shape index (κ3) is 5.01. The summed E-state index contributed by atoms with van der Waals surface area (Å²) >= 11 is 6.17. The molecule has 1 fully saturated rings. The first-order valence-corrected chi connectivity index (χ1v) is 8.97. The van der Waals surface area contributed by atoms with E-state index in [9.17, 15) is 9.59 Å². The minimum atomic E-state index is -0.0493. The number of benzene rings is 1. The van der Waals surface area contributed by atoms with Crippen molar-refractivity contribution in [3.8, 4) is 5.75 Å². The number of nitrogens with zero attached hydrogens (tertiary/aromatic N) is 2. The van der Waals surface area contributed by atoms with Crippen LogP contribution in [0.2, 0.25) is 5.02 Å². The van der Waals surface area contributed by atoms with E-state index in [2.05, 4.69) is 5.32 Å². The van der Waals surface area contributed by atoms with Gasteiger partial charge in [-0.05, 0) is 36.6 Å². The molecular weight excluding hydrogens is 342 g/mol. The highest BCUT2D eigenvalue weighted by atomic mass is 35.5. The summed E-state index contributed by atoms with van der Waals surface area (Å²) in [6, 6.07) is 3.59. The van der Waals surface area contributed by atoms with Crippen LogP contribution in [0.25, 0.3) is 0 Å². The van der Waals surface area contributed by atoms with Gasteiger partial charge in [-0.3, -0.25) is 4.79 Å². The van der Waals surface area contributed by atoms with Crippen LogP contribution in [-0.4, -0.2) is 61.6 Å². The maximum absolute atomic E-state index is 12.6. The van der Waals surface area contributed by atoms with Crippen molar-refractivity contribution in [2.45, 2.75) is 26.7 Å². The third-order valence-corrected chi connectivity index (χ3v) is 4.69. The molecule has 2 rings (SSSR count). The van der Waals surface area contributed by atoms with Crippen molar-refractivity contribution in [1.29, 1.82) is 0 Å². The molecule has 3 amide bonds. The van der Waals surface area contributed by atoms with Gasteiger partial charge in [0.15, 0.2) is 0 Å². The van der Waals surface area contributed by atoms with Crippen LogP contribution < -0.4 is 10.1 Å². The van der Waals surface area contributed by atoms with Crippen molar-refractivity contribution in [2.24, 2.45) is 0 Å². The molecule has 25 heavy (non-hydrogen) atoms. The molecule has 1 aromatic carbocycles. The van der Waals surface area contributed by atoms with Gasteiger partial charge in [0, 0.05) is 32.7 Å². The van der Waals surface area contributed by atoms with E-state index in [0.717, 1.165) is 17.5 Å². The summed E-state index contributed by atoms with van der Waals surface area (Å²) in [5.74, 6) is 0.667. The Kier molecular flexibility index (Phi) is 6.93. The Balaban J connectivity index is 1.91. The topological polar surface area (TPSA) is 61.9 Å². The molecule has 0 atom stereocenters. The Hall–Kier alpha value is -1.95. The molecule has 0 radical (unpaired) electrons. The Morgan fingerprint density at radius 2 is 1.84 bits per heavy atom. The van der Waals surface area contributed by atoms with Crippen molar-refractivity contribution in [3.05, 3.63) is 28.3 Å². The third-order valence-electron chi connectivity index (χ3n) is 4.40. The minimum absolute atomic E-state index is 0.0493. The average Bonchev–Trinajstić information content (AvgIpc) is 2.62. The van der Waals surface area contributed by atoms with Gasteiger partial charge >= 0.3 is 6.03 Å². The SMILES string of the molecule is CCCNC(=O)N1CCN(C(=O)Cc2cc(Cl)c(OC)cc2C)CC1. The fourth-order valence-electron chi connectivity index (χ4n) is 2.82. The van der Waals surface area contributed by atoms with Crippen LogP contribution in [0.1, 0.15) is 24.5 Å². The van der Waals surface area contributed by atoms with Gasteiger partial charge in [-0.1, -0.05) is 18.5 Å². The predicted molar refractivity (Wildman–Crippen MR) is 98.3 cm³/mol. The molecule has 0 saturated carbocycles. The zero-order valence-corrected chi connectivity index (χ0v) is 15.9. The van der Waals surface area contributed by atoms with E-state index in [1.54, 1.807) is 23.0 Å². The summed E-state index contributed by atoms with van der Waals surface area (Å²) in [5.41, 5.74) is 1.88. The van der Waals surface area contributed by atoms with Gasteiger partial charge in [-0.2, -0.15) is 0 Å². The van der Waals surface area contributed by atoms with E-state index in [1.807, 2.05) is 19.9 Å². The number of carbonyl (C=O) groups excluding carboxylic acids is 2. The number of nitrogens with one attached hydrogen (secondary N) is 1. The maximum Gasteiger partial charge on any atom is 0.317 e. The van der Waals surface area contributed by atoms with Crippen LogP contribution in [-0.2, 0) is 11.2 Å².